The Labute approximate surface area is 199 Å². The highest BCUT2D eigenvalue weighted by Crippen LogP contribution is 2.06. The zero-order valence-corrected chi connectivity index (χ0v) is 18.9. The van der Waals surface area contributed by atoms with Gasteiger partial charge in [-0.1, -0.05) is 0 Å². The molecule has 0 aliphatic carbocycles. The number of rotatable bonds is 18. The van der Waals surface area contributed by atoms with Crippen molar-refractivity contribution in [2.24, 2.45) is 17.2 Å². The first kappa shape index (κ1) is 31.2. The molecule has 35 heavy (non-hydrogen) atoms. The molecule has 4 atom stereocenters. The molecule has 0 saturated carbocycles. The first-order valence-corrected chi connectivity index (χ1v) is 10.6. The molecule has 198 valence electrons. The van der Waals surface area contributed by atoms with Crippen LogP contribution in [0.2, 0.25) is 0 Å². The Morgan fingerprint density at radius 3 is 1.63 bits per heavy atom. The molecule has 0 fully saturated rings. The van der Waals surface area contributed by atoms with E-state index in [1.54, 1.807) is 0 Å². The van der Waals surface area contributed by atoms with Crippen LogP contribution in [-0.4, -0.2) is 87.6 Å². The number of amides is 4. The van der Waals surface area contributed by atoms with E-state index < -0.39 is 78.5 Å². The zero-order valence-electron chi connectivity index (χ0n) is 18.9. The first-order valence-electron chi connectivity index (χ1n) is 10.6. The molecule has 16 heteroatoms. The minimum absolute atomic E-state index is 0.0107. The summed E-state index contributed by atoms with van der Waals surface area (Å²) in [5.74, 6) is -8.21. The van der Waals surface area contributed by atoms with E-state index in [0.29, 0.717) is 12.8 Å². The van der Waals surface area contributed by atoms with E-state index in [-0.39, 0.29) is 25.8 Å². The minimum Gasteiger partial charge on any atom is -0.481 e. The Morgan fingerprint density at radius 1 is 0.686 bits per heavy atom. The quantitative estimate of drug-likeness (QED) is 0.0812. The van der Waals surface area contributed by atoms with Crippen LogP contribution in [0.1, 0.15) is 44.9 Å². The van der Waals surface area contributed by atoms with Gasteiger partial charge in [0.1, 0.15) is 18.1 Å². The lowest BCUT2D eigenvalue weighted by molar-refractivity contribution is -0.147. The Kier molecular flexibility index (Phi) is 14.2. The average Bonchev–Trinajstić information content (AvgIpc) is 2.74. The number of nitrogens with two attached hydrogens (primary N) is 3. The van der Waals surface area contributed by atoms with Gasteiger partial charge in [0, 0.05) is 6.42 Å². The maximum atomic E-state index is 12.8. The number of hydrogen-bond acceptors (Lipinski definition) is 9. The van der Waals surface area contributed by atoms with Gasteiger partial charge in [-0.25, -0.2) is 4.79 Å². The molecule has 16 nitrogen and oxygen atoms in total. The maximum absolute atomic E-state index is 12.8. The number of hydrogen-bond donors (Lipinski definition) is 9. The van der Waals surface area contributed by atoms with Gasteiger partial charge in [-0.3, -0.25) is 28.8 Å². The number of primary amides is 1. The Hall–Kier alpha value is -3.79. The second kappa shape index (κ2) is 15.9. The third-order valence-corrected chi connectivity index (χ3v) is 4.62. The monoisotopic (exact) mass is 504 g/mol. The van der Waals surface area contributed by atoms with Crippen LogP contribution in [0.15, 0.2) is 0 Å². The molecule has 0 aromatic heterocycles. The van der Waals surface area contributed by atoms with Crippen LogP contribution in [0.25, 0.3) is 0 Å². The SMILES string of the molecule is NCCCCC(NC(=O)C(CCC(N)=O)NC(=O)C(N)CC(=O)O)C(=O)NC(CC(=O)O)C(=O)O. The Morgan fingerprint density at radius 2 is 1.17 bits per heavy atom. The lowest BCUT2D eigenvalue weighted by Gasteiger charge is -2.25. The molecule has 0 saturated heterocycles. The molecular weight excluding hydrogens is 472 g/mol. The second-order valence-electron chi connectivity index (χ2n) is 7.61. The summed E-state index contributed by atoms with van der Waals surface area (Å²) in [5, 5.41) is 33.3. The van der Waals surface area contributed by atoms with Crippen LogP contribution in [0.3, 0.4) is 0 Å². The molecule has 0 aliphatic rings. The summed E-state index contributed by atoms with van der Waals surface area (Å²) in [6.07, 6.45) is -1.54. The third kappa shape index (κ3) is 13.5. The van der Waals surface area contributed by atoms with Crippen LogP contribution < -0.4 is 33.2 Å². The molecule has 0 spiro atoms. The standard InChI is InChI=1S/C19H32N6O10/c20-6-2-1-3-10(17(32)25-12(19(34)35)8-15(29)30)24-18(33)11(4-5-13(22)26)23-16(31)9(21)7-14(27)28/h9-12H,1-8,20-21H2,(H2,22,26)(H,23,31)(H,24,33)(H,25,32)(H,27,28)(H,29,30)(H,34,35). The number of carboxylic acid groups (broad SMARTS) is 3. The van der Waals surface area contributed by atoms with Crippen molar-refractivity contribution in [3.8, 4) is 0 Å². The normalized spacial score (nSPS) is 14.0. The third-order valence-electron chi connectivity index (χ3n) is 4.62. The number of nitrogens with one attached hydrogen (secondary N) is 3. The van der Waals surface area contributed by atoms with Crippen LogP contribution >= 0.6 is 0 Å². The lowest BCUT2D eigenvalue weighted by Crippen LogP contribution is -2.57. The fourth-order valence-electron chi connectivity index (χ4n) is 2.80. The summed E-state index contributed by atoms with van der Waals surface area (Å²) in [4.78, 5) is 81.7. The van der Waals surface area contributed by atoms with Gasteiger partial charge in [0.05, 0.1) is 18.9 Å². The van der Waals surface area contributed by atoms with Crippen LogP contribution in [-0.2, 0) is 33.6 Å². The average molecular weight is 504 g/mol. The van der Waals surface area contributed by atoms with Crippen LogP contribution in [0, 0.1) is 0 Å². The van der Waals surface area contributed by atoms with Gasteiger partial charge in [-0.2, -0.15) is 0 Å². The highest BCUT2D eigenvalue weighted by Gasteiger charge is 2.31. The largest absolute Gasteiger partial charge is 0.481 e. The molecule has 0 rings (SSSR count). The predicted molar refractivity (Wildman–Crippen MR) is 117 cm³/mol. The van der Waals surface area contributed by atoms with E-state index in [9.17, 15) is 33.6 Å². The number of aliphatic carboxylic acids is 3. The van der Waals surface area contributed by atoms with Crippen molar-refractivity contribution in [3.63, 3.8) is 0 Å². The van der Waals surface area contributed by atoms with Gasteiger partial charge in [0.2, 0.25) is 23.6 Å². The minimum atomic E-state index is -1.77. The second-order valence-corrected chi connectivity index (χ2v) is 7.61. The summed E-state index contributed by atoms with van der Waals surface area (Å²) in [6, 6.07) is -6.06. The number of unbranched alkanes of at least 4 members (excludes halogenated alkanes) is 1. The molecule has 0 heterocycles. The number of carbonyl (C=O) groups excluding carboxylic acids is 4. The van der Waals surface area contributed by atoms with E-state index in [1.165, 1.54) is 0 Å². The summed E-state index contributed by atoms with van der Waals surface area (Å²) in [5.41, 5.74) is 16.0. The van der Waals surface area contributed by atoms with Gasteiger partial charge < -0.3 is 48.5 Å². The van der Waals surface area contributed by atoms with Crippen molar-refractivity contribution in [2.75, 3.05) is 6.54 Å². The Balaban J connectivity index is 5.61. The topological polar surface area (TPSA) is 294 Å². The first-order chi connectivity index (χ1) is 16.3. The molecule has 0 aromatic rings. The van der Waals surface area contributed by atoms with Crippen molar-refractivity contribution in [1.29, 1.82) is 0 Å². The van der Waals surface area contributed by atoms with E-state index in [1.807, 2.05) is 5.32 Å². The van der Waals surface area contributed by atoms with Gasteiger partial charge in [0.25, 0.3) is 0 Å². The van der Waals surface area contributed by atoms with E-state index >= 15 is 0 Å². The number of carbonyl (C=O) groups is 7. The molecular formula is C19H32N6O10. The van der Waals surface area contributed by atoms with E-state index in [4.69, 9.17) is 32.5 Å². The smallest absolute Gasteiger partial charge is 0.326 e. The van der Waals surface area contributed by atoms with Gasteiger partial charge in [-0.15, -0.1) is 0 Å². The fraction of sp³-hybridized carbons (Fsp3) is 0.632. The highest BCUT2D eigenvalue weighted by molar-refractivity contribution is 5.95. The van der Waals surface area contributed by atoms with Crippen molar-refractivity contribution in [2.45, 2.75) is 69.1 Å². The molecule has 0 aromatic carbocycles. The van der Waals surface area contributed by atoms with E-state index in [0.717, 1.165) is 0 Å². The van der Waals surface area contributed by atoms with Crippen LogP contribution in [0.4, 0.5) is 0 Å². The van der Waals surface area contributed by atoms with Crippen molar-refractivity contribution < 1.29 is 48.9 Å². The lowest BCUT2D eigenvalue weighted by atomic mass is 10.0. The summed E-state index contributed by atoms with van der Waals surface area (Å²) in [6.45, 7) is 0.262. The van der Waals surface area contributed by atoms with Gasteiger partial charge in [0.15, 0.2) is 0 Å². The van der Waals surface area contributed by atoms with E-state index in [2.05, 4.69) is 10.6 Å². The van der Waals surface area contributed by atoms with Gasteiger partial charge in [-0.05, 0) is 32.2 Å². The van der Waals surface area contributed by atoms with Crippen LogP contribution in [0.5, 0.6) is 0 Å². The zero-order chi connectivity index (χ0) is 27.1. The summed E-state index contributed by atoms with van der Waals surface area (Å²) < 4.78 is 0. The van der Waals surface area contributed by atoms with Crippen molar-refractivity contribution in [1.82, 2.24) is 16.0 Å². The van der Waals surface area contributed by atoms with Crippen molar-refractivity contribution >= 4 is 41.5 Å². The molecule has 12 N–H and O–H groups in total. The predicted octanol–water partition coefficient (Wildman–Crippen LogP) is -3.80. The fourth-order valence-corrected chi connectivity index (χ4v) is 2.80. The number of carboxylic acids is 3. The summed E-state index contributed by atoms with van der Waals surface area (Å²) in [7, 11) is 0. The molecule has 0 bridgehead atoms. The highest BCUT2D eigenvalue weighted by atomic mass is 16.4. The van der Waals surface area contributed by atoms with Gasteiger partial charge >= 0.3 is 17.9 Å². The molecule has 0 radical (unpaired) electrons. The molecule has 4 unspecified atom stereocenters. The van der Waals surface area contributed by atoms with Crippen molar-refractivity contribution in [3.05, 3.63) is 0 Å². The maximum Gasteiger partial charge on any atom is 0.326 e. The Bertz CT molecular complexity index is 805. The molecule has 4 amide bonds. The molecule has 0 aliphatic heterocycles. The summed E-state index contributed by atoms with van der Waals surface area (Å²) >= 11 is 0.